The first-order valence-electron chi connectivity index (χ1n) is 10.3. The number of esters is 1. The van der Waals surface area contributed by atoms with Crippen molar-refractivity contribution in [2.24, 2.45) is 0 Å². The number of fused-ring (bicyclic) bond motifs is 1. The zero-order valence-corrected chi connectivity index (χ0v) is 17.6. The summed E-state index contributed by atoms with van der Waals surface area (Å²) in [6, 6.07) is 11.5. The van der Waals surface area contributed by atoms with Crippen molar-refractivity contribution in [3.05, 3.63) is 65.4 Å². The highest BCUT2D eigenvalue weighted by atomic mass is 16.5. The third-order valence-corrected chi connectivity index (χ3v) is 5.88. The van der Waals surface area contributed by atoms with Gasteiger partial charge in [0, 0.05) is 29.7 Å². The van der Waals surface area contributed by atoms with Crippen molar-refractivity contribution in [1.82, 2.24) is 25.2 Å². The van der Waals surface area contributed by atoms with Gasteiger partial charge in [-0.25, -0.2) is 9.48 Å². The Morgan fingerprint density at radius 2 is 1.97 bits per heavy atom. The molecule has 10 heteroatoms. The summed E-state index contributed by atoms with van der Waals surface area (Å²) in [5.74, 6) is -1.49. The number of hydrogen-bond donors (Lipinski definition) is 1. The molecular formula is C23H19N5O5. The first-order valence-corrected chi connectivity index (χ1v) is 10.3. The van der Waals surface area contributed by atoms with Crippen LogP contribution in [-0.2, 0) is 20.9 Å². The van der Waals surface area contributed by atoms with Gasteiger partial charge in [-0.15, -0.1) is 5.10 Å². The molecule has 0 spiro atoms. The number of benzene rings is 2. The average molecular weight is 445 g/mol. The number of carbonyl (C=O) groups is 4. The van der Waals surface area contributed by atoms with Gasteiger partial charge in [0.25, 0.3) is 5.91 Å². The molecule has 0 bridgehead atoms. The largest absolute Gasteiger partial charge is 0.465 e. The molecule has 0 radical (unpaired) electrons. The summed E-state index contributed by atoms with van der Waals surface area (Å²) >= 11 is 0. The molecule has 2 aliphatic heterocycles. The molecular weight excluding hydrogens is 426 g/mol. The number of aromatic nitrogens is 3. The molecule has 1 saturated heterocycles. The van der Waals surface area contributed by atoms with Gasteiger partial charge < -0.3 is 9.64 Å². The van der Waals surface area contributed by atoms with Crippen LogP contribution in [0.1, 0.15) is 39.1 Å². The highest BCUT2D eigenvalue weighted by molar-refractivity contribution is 6.05. The van der Waals surface area contributed by atoms with Gasteiger partial charge >= 0.3 is 5.97 Å². The number of nitrogens with zero attached hydrogens (tertiary/aromatic N) is 4. The number of imide groups is 1. The van der Waals surface area contributed by atoms with Gasteiger partial charge in [0.1, 0.15) is 11.7 Å². The standard InChI is InChI=1S/C23H19N5O5/c1-33-23(32)14-5-2-4-13(10-14)17-12-28(26-25-17)18-7-3-6-15-16(18)11-27(22(15)31)19-8-9-20(29)24-21(19)30/h2-7,10,12,19H,8-9,11H2,1H3,(H,24,29,30). The molecule has 1 unspecified atom stereocenters. The van der Waals surface area contributed by atoms with E-state index in [4.69, 9.17) is 4.74 Å². The van der Waals surface area contributed by atoms with Gasteiger partial charge in [-0.1, -0.05) is 23.4 Å². The predicted molar refractivity (Wildman–Crippen MR) is 114 cm³/mol. The highest BCUT2D eigenvalue weighted by Gasteiger charge is 2.40. The Kier molecular flexibility index (Phi) is 4.97. The Bertz CT molecular complexity index is 1310. The second-order valence-electron chi connectivity index (χ2n) is 7.82. The predicted octanol–water partition coefficient (Wildman–Crippen LogP) is 1.48. The van der Waals surface area contributed by atoms with Crippen LogP contribution >= 0.6 is 0 Å². The molecule has 3 heterocycles. The van der Waals surface area contributed by atoms with Crippen molar-refractivity contribution in [1.29, 1.82) is 0 Å². The highest BCUT2D eigenvalue weighted by Crippen LogP contribution is 2.31. The lowest BCUT2D eigenvalue weighted by Gasteiger charge is -2.29. The number of carbonyl (C=O) groups excluding carboxylic acids is 4. The van der Waals surface area contributed by atoms with Crippen molar-refractivity contribution in [2.45, 2.75) is 25.4 Å². The maximum absolute atomic E-state index is 13.0. The van der Waals surface area contributed by atoms with Gasteiger partial charge in [0.05, 0.1) is 24.6 Å². The van der Waals surface area contributed by atoms with Gasteiger partial charge in [-0.2, -0.15) is 0 Å². The van der Waals surface area contributed by atoms with E-state index in [0.717, 1.165) is 5.56 Å². The fraction of sp³-hybridized carbons (Fsp3) is 0.217. The van der Waals surface area contributed by atoms with E-state index in [1.807, 2.05) is 12.1 Å². The summed E-state index contributed by atoms with van der Waals surface area (Å²) < 4.78 is 6.34. The Hall–Kier alpha value is -4.34. The fourth-order valence-corrected chi connectivity index (χ4v) is 4.22. The van der Waals surface area contributed by atoms with E-state index in [-0.39, 0.29) is 24.8 Å². The molecule has 1 aromatic heterocycles. The van der Waals surface area contributed by atoms with E-state index in [0.29, 0.717) is 34.5 Å². The molecule has 1 fully saturated rings. The zero-order valence-electron chi connectivity index (χ0n) is 17.6. The van der Waals surface area contributed by atoms with E-state index in [1.165, 1.54) is 12.0 Å². The third kappa shape index (κ3) is 3.55. The van der Waals surface area contributed by atoms with Crippen LogP contribution in [0.3, 0.4) is 0 Å². The van der Waals surface area contributed by atoms with Crippen molar-refractivity contribution in [2.75, 3.05) is 7.11 Å². The first kappa shape index (κ1) is 20.6. The van der Waals surface area contributed by atoms with Crippen molar-refractivity contribution in [3.63, 3.8) is 0 Å². The summed E-state index contributed by atoms with van der Waals surface area (Å²) in [5.41, 5.74) is 3.52. The SMILES string of the molecule is COC(=O)c1cccc(-c2cn(-c3cccc4c3CN(C3CCC(=O)NC3=O)C4=O)nn2)c1. The van der Waals surface area contributed by atoms with Crippen LogP contribution in [0.4, 0.5) is 0 Å². The van der Waals surface area contributed by atoms with E-state index >= 15 is 0 Å². The smallest absolute Gasteiger partial charge is 0.337 e. The number of amides is 3. The van der Waals surface area contributed by atoms with E-state index < -0.39 is 17.9 Å². The maximum atomic E-state index is 13.0. The molecule has 5 rings (SSSR count). The number of ether oxygens (including phenoxy) is 1. The lowest BCUT2D eigenvalue weighted by atomic mass is 10.0. The molecule has 3 amide bonds. The maximum Gasteiger partial charge on any atom is 0.337 e. The van der Waals surface area contributed by atoms with E-state index in [1.54, 1.807) is 41.2 Å². The second-order valence-corrected chi connectivity index (χ2v) is 7.82. The number of hydrogen-bond acceptors (Lipinski definition) is 7. The molecule has 10 nitrogen and oxygen atoms in total. The lowest BCUT2D eigenvalue weighted by Crippen LogP contribution is -2.52. The summed E-state index contributed by atoms with van der Waals surface area (Å²) in [6.07, 6.45) is 2.20. The first-order chi connectivity index (χ1) is 16.0. The number of piperidine rings is 1. The second kappa shape index (κ2) is 7.97. The van der Waals surface area contributed by atoms with Crippen LogP contribution in [0.5, 0.6) is 0 Å². The number of methoxy groups -OCH3 is 1. The Morgan fingerprint density at radius 1 is 1.15 bits per heavy atom. The molecule has 2 aromatic carbocycles. The third-order valence-electron chi connectivity index (χ3n) is 5.88. The zero-order chi connectivity index (χ0) is 23.1. The molecule has 2 aliphatic rings. The Labute approximate surface area is 188 Å². The molecule has 166 valence electrons. The van der Waals surface area contributed by atoms with Gasteiger partial charge in [0.2, 0.25) is 11.8 Å². The lowest BCUT2D eigenvalue weighted by molar-refractivity contribution is -0.136. The van der Waals surface area contributed by atoms with Gasteiger partial charge in [-0.3, -0.25) is 19.7 Å². The van der Waals surface area contributed by atoms with Crippen LogP contribution in [0.15, 0.2) is 48.7 Å². The molecule has 1 atom stereocenters. The monoisotopic (exact) mass is 445 g/mol. The van der Waals surface area contributed by atoms with Crippen LogP contribution < -0.4 is 5.32 Å². The summed E-state index contributed by atoms with van der Waals surface area (Å²) in [5, 5.41) is 10.7. The van der Waals surface area contributed by atoms with Crippen LogP contribution in [0, 0.1) is 0 Å². The minimum Gasteiger partial charge on any atom is -0.465 e. The van der Waals surface area contributed by atoms with Crippen LogP contribution in [0.2, 0.25) is 0 Å². The van der Waals surface area contributed by atoms with E-state index in [2.05, 4.69) is 15.6 Å². The normalized spacial score (nSPS) is 17.7. The quantitative estimate of drug-likeness (QED) is 0.477. The molecule has 3 aromatic rings. The van der Waals surface area contributed by atoms with Gasteiger partial charge in [-0.05, 0) is 30.7 Å². The fourth-order valence-electron chi connectivity index (χ4n) is 4.22. The molecule has 33 heavy (non-hydrogen) atoms. The average Bonchev–Trinajstić information content (AvgIpc) is 3.44. The molecule has 0 saturated carbocycles. The molecule has 0 aliphatic carbocycles. The summed E-state index contributed by atoms with van der Waals surface area (Å²) in [7, 11) is 1.32. The summed E-state index contributed by atoms with van der Waals surface area (Å²) in [6.45, 7) is 0.226. The van der Waals surface area contributed by atoms with Crippen molar-refractivity contribution in [3.8, 4) is 16.9 Å². The van der Waals surface area contributed by atoms with E-state index in [9.17, 15) is 19.2 Å². The Balaban J connectivity index is 1.46. The topological polar surface area (TPSA) is 123 Å². The summed E-state index contributed by atoms with van der Waals surface area (Å²) in [4.78, 5) is 50.2. The number of nitrogens with one attached hydrogen (secondary N) is 1. The van der Waals surface area contributed by atoms with Crippen LogP contribution in [0.25, 0.3) is 16.9 Å². The van der Waals surface area contributed by atoms with Crippen molar-refractivity contribution >= 4 is 23.7 Å². The van der Waals surface area contributed by atoms with Gasteiger partial charge in [0.15, 0.2) is 0 Å². The molecule has 1 N–H and O–H groups in total. The van der Waals surface area contributed by atoms with Crippen LogP contribution in [-0.4, -0.2) is 56.7 Å². The van der Waals surface area contributed by atoms with Crippen molar-refractivity contribution < 1.29 is 23.9 Å². The minimum atomic E-state index is -0.692. The number of rotatable bonds is 4. The Morgan fingerprint density at radius 3 is 2.76 bits per heavy atom. The minimum absolute atomic E-state index is 0.195.